The molecule has 2 atom stereocenters. The predicted molar refractivity (Wildman–Crippen MR) is 168 cm³/mol. The smallest absolute Gasteiger partial charge is 0.338 e. The Kier molecular flexibility index (Phi) is 10.4. The van der Waals surface area contributed by atoms with Gasteiger partial charge in [0.2, 0.25) is 0 Å². The molecule has 1 fully saturated rings. The fourth-order valence-electron chi connectivity index (χ4n) is 5.21. The third-order valence-electron chi connectivity index (χ3n) is 7.78. The summed E-state index contributed by atoms with van der Waals surface area (Å²) in [5, 5.41) is 22.0. The number of rotatable bonds is 12. The van der Waals surface area contributed by atoms with E-state index in [0.29, 0.717) is 39.3 Å². The highest BCUT2D eigenvalue weighted by atomic mass is 16.6. The number of nitro benzene ring substituents is 2. The molecule has 1 aliphatic rings. The molecular formula is C34H32N4O8. The van der Waals surface area contributed by atoms with E-state index in [1.807, 2.05) is 60.7 Å². The summed E-state index contributed by atoms with van der Waals surface area (Å²) in [4.78, 5) is 51.4. The van der Waals surface area contributed by atoms with Gasteiger partial charge in [0.15, 0.2) is 0 Å². The lowest BCUT2D eigenvalue weighted by molar-refractivity contribution is -0.385. The maximum Gasteiger partial charge on any atom is 0.338 e. The first-order valence-corrected chi connectivity index (χ1v) is 14.7. The Morgan fingerprint density at radius 1 is 0.565 bits per heavy atom. The van der Waals surface area contributed by atoms with Crippen LogP contribution in [0.5, 0.6) is 0 Å². The third-order valence-corrected chi connectivity index (χ3v) is 7.78. The van der Waals surface area contributed by atoms with Crippen molar-refractivity contribution in [1.82, 2.24) is 9.80 Å². The topological polar surface area (TPSA) is 145 Å². The fourth-order valence-corrected chi connectivity index (χ4v) is 5.21. The molecule has 236 valence electrons. The van der Waals surface area contributed by atoms with E-state index in [1.165, 1.54) is 48.5 Å². The van der Waals surface area contributed by atoms with Crippen LogP contribution in [0, 0.1) is 20.2 Å². The third kappa shape index (κ3) is 8.37. The number of carbonyl (C=O) groups is 2. The SMILES string of the molecule is O=C(O[C@@H](CN1CCN(C[C@H](OC(=O)c2ccc([N+](=O)[O-])cc2)c2ccccc2)CC1)c1ccccc1)c1ccc([N+](=O)[O-])cc1. The number of piperazine rings is 1. The average molecular weight is 625 g/mol. The Hall–Kier alpha value is -5.46. The molecule has 4 aromatic rings. The maximum absolute atomic E-state index is 13.0. The second-order valence-electron chi connectivity index (χ2n) is 10.8. The molecule has 0 amide bonds. The number of hydrogen-bond acceptors (Lipinski definition) is 10. The summed E-state index contributed by atoms with van der Waals surface area (Å²) in [5.74, 6) is -1.13. The Morgan fingerprint density at radius 3 is 1.20 bits per heavy atom. The van der Waals surface area contributed by atoms with Crippen LogP contribution in [0.2, 0.25) is 0 Å². The van der Waals surface area contributed by atoms with Crippen LogP contribution in [0.1, 0.15) is 44.1 Å². The largest absolute Gasteiger partial charge is 0.453 e. The quantitative estimate of drug-likeness (QED) is 0.111. The molecule has 12 heteroatoms. The molecule has 0 bridgehead atoms. The number of esters is 2. The first-order chi connectivity index (χ1) is 22.3. The highest BCUT2D eigenvalue weighted by molar-refractivity contribution is 5.90. The van der Waals surface area contributed by atoms with Gasteiger partial charge in [0.25, 0.3) is 11.4 Å². The van der Waals surface area contributed by atoms with Gasteiger partial charge in [-0.25, -0.2) is 9.59 Å². The van der Waals surface area contributed by atoms with Crippen LogP contribution >= 0.6 is 0 Å². The van der Waals surface area contributed by atoms with Crippen molar-refractivity contribution in [3.05, 3.63) is 152 Å². The van der Waals surface area contributed by atoms with E-state index in [0.717, 1.165) is 11.1 Å². The first kappa shape index (κ1) is 31.9. The van der Waals surface area contributed by atoms with E-state index in [4.69, 9.17) is 9.47 Å². The second kappa shape index (κ2) is 15.0. The molecule has 1 saturated heterocycles. The Bertz CT molecular complexity index is 1520. The van der Waals surface area contributed by atoms with Crippen LogP contribution in [0.4, 0.5) is 11.4 Å². The molecule has 0 unspecified atom stereocenters. The number of benzene rings is 4. The summed E-state index contributed by atoms with van der Waals surface area (Å²) in [5.41, 5.74) is 1.91. The summed E-state index contributed by atoms with van der Waals surface area (Å²) >= 11 is 0. The van der Waals surface area contributed by atoms with Crippen LogP contribution in [-0.4, -0.2) is 70.9 Å². The van der Waals surface area contributed by atoms with E-state index in [-0.39, 0.29) is 22.5 Å². The predicted octanol–water partition coefficient (Wildman–Crippen LogP) is 5.62. The van der Waals surface area contributed by atoms with Gasteiger partial charge < -0.3 is 9.47 Å². The molecule has 0 spiro atoms. The molecule has 0 saturated carbocycles. The molecule has 4 aromatic carbocycles. The van der Waals surface area contributed by atoms with Crippen molar-refractivity contribution >= 4 is 23.3 Å². The van der Waals surface area contributed by atoms with Crippen molar-refractivity contribution in [1.29, 1.82) is 0 Å². The molecule has 0 radical (unpaired) electrons. The van der Waals surface area contributed by atoms with Gasteiger partial charge in [-0.2, -0.15) is 0 Å². The van der Waals surface area contributed by atoms with Crippen LogP contribution in [0.15, 0.2) is 109 Å². The first-order valence-electron chi connectivity index (χ1n) is 14.7. The zero-order valence-corrected chi connectivity index (χ0v) is 24.8. The Labute approximate surface area is 265 Å². The maximum atomic E-state index is 13.0. The normalized spacial score (nSPS) is 15.0. The standard InChI is InChI=1S/C34H32N4O8/c39-33(27-11-15-29(16-12-27)37(41)42)45-31(25-7-3-1-4-8-25)23-35-19-21-36(22-20-35)24-32(26-9-5-2-6-10-26)46-34(40)28-13-17-30(18-14-28)38(43)44/h1-18,31-32H,19-24H2/t31-,32-/m0/s1. The van der Waals surface area contributed by atoms with Crippen molar-refractivity contribution in [3.8, 4) is 0 Å². The van der Waals surface area contributed by atoms with Gasteiger partial charge in [0.05, 0.1) is 21.0 Å². The van der Waals surface area contributed by atoms with Gasteiger partial charge in [-0.15, -0.1) is 0 Å². The summed E-state index contributed by atoms with van der Waals surface area (Å²) in [6.45, 7) is 3.61. The van der Waals surface area contributed by atoms with Gasteiger partial charge in [0, 0.05) is 63.5 Å². The molecule has 5 rings (SSSR count). The lowest BCUT2D eigenvalue weighted by Gasteiger charge is -2.37. The Balaban J connectivity index is 1.21. The zero-order chi connectivity index (χ0) is 32.5. The van der Waals surface area contributed by atoms with Gasteiger partial charge in [-0.05, 0) is 35.4 Å². The van der Waals surface area contributed by atoms with Crippen molar-refractivity contribution < 1.29 is 28.9 Å². The van der Waals surface area contributed by atoms with Crippen LogP contribution < -0.4 is 0 Å². The van der Waals surface area contributed by atoms with Crippen molar-refractivity contribution in [3.63, 3.8) is 0 Å². The van der Waals surface area contributed by atoms with Gasteiger partial charge in [0.1, 0.15) is 12.2 Å². The van der Waals surface area contributed by atoms with E-state index >= 15 is 0 Å². The second-order valence-corrected chi connectivity index (χ2v) is 10.8. The molecule has 1 heterocycles. The van der Waals surface area contributed by atoms with Crippen molar-refractivity contribution in [2.45, 2.75) is 12.2 Å². The molecule has 0 aliphatic carbocycles. The minimum Gasteiger partial charge on any atom is -0.453 e. The number of nitrogens with zero attached hydrogens (tertiary/aromatic N) is 4. The molecule has 12 nitrogen and oxygen atoms in total. The highest BCUT2D eigenvalue weighted by Gasteiger charge is 2.27. The minimum absolute atomic E-state index is 0.107. The van der Waals surface area contributed by atoms with Gasteiger partial charge >= 0.3 is 11.9 Å². The van der Waals surface area contributed by atoms with E-state index < -0.39 is 34.0 Å². The fraction of sp³-hybridized carbons (Fsp3) is 0.235. The van der Waals surface area contributed by atoms with Crippen molar-refractivity contribution in [2.75, 3.05) is 39.3 Å². The van der Waals surface area contributed by atoms with Crippen LogP contribution in [0.3, 0.4) is 0 Å². The lowest BCUT2D eigenvalue weighted by Crippen LogP contribution is -2.49. The Morgan fingerprint density at radius 2 is 0.891 bits per heavy atom. The molecule has 0 aromatic heterocycles. The monoisotopic (exact) mass is 624 g/mol. The van der Waals surface area contributed by atoms with Gasteiger partial charge in [-0.3, -0.25) is 30.0 Å². The molecule has 46 heavy (non-hydrogen) atoms. The molecule has 0 N–H and O–H groups in total. The van der Waals surface area contributed by atoms with E-state index in [2.05, 4.69) is 9.80 Å². The number of hydrogen-bond donors (Lipinski definition) is 0. The zero-order valence-electron chi connectivity index (χ0n) is 24.8. The van der Waals surface area contributed by atoms with E-state index in [9.17, 15) is 29.8 Å². The van der Waals surface area contributed by atoms with Crippen LogP contribution in [0.25, 0.3) is 0 Å². The molecular weight excluding hydrogens is 592 g/mol. The highest BCUT2D eigenvalue weighted by Crippen LogP contribution is 2.25. The minimum atomic E-state index is -0.567. The summed E-state index contributed by atoms with van der Waals surface area (Å²) in [6, 6.07) is 29.5. The van der Waals surface area contributed by atoms with E-state index in [1.54, 1.807) is 0 Å². The summed E-state index contributed by atoms with van der Waals surface area (Å²) in [6.07, 6.45) is -1.12. The lowest BCUT2D eigenvalue weighted by atomic mass is 10.1. The van der Waals surface area contributed by atoms with Gasteiger partial charge in [-0.1, -0.05) is 60.7 Å². The molecule has 1 aliphatic heterocycles. The summed E-state index contributed by atoms with van der Waals surface area (Å²) < 4.78 is 11.8. The number of non-ortho nitro benzene ring substituents is 2. The number of nitro groups is 2. The van der Waals surface area contributed by atoms with Crippen LogP contribution in [-0.2, 0) is 9.47 Å². The average Bonchev–Trinajstić information content (AvgIpc) is 3.09. The van der Waals surface area contributed by atoms with Crippen molar-refractivity contribution in [2.24, 2.45) is 0 Å². The number of ether oxygens (including phenoxy) is 2. The summed E-state index contributed by atoms with van der Waals surface area (Å²) in [7, 11) is 0. The number of carbonyl (C=O) groups excluding carboxylic acids is 2.